The van der Waals surface area contributed by atoms with Gasteiger partial charge in [-0.1, -0.05) is 0 Å². The third kappa shape index (κ3) is 7.63. The molecule has 0 radical (unpaired) electrons. The van der Waals surface area contributed by atoms with Gasteiger partial charge in [0.05, 0.1) is 19.8 Å². The first-order chi connectivity index (χ1) is 19.1. The van der Waals surface area contributed by atoms with E-state index in [1.54, 1.807) is 0 Å². The van der Waals surface area contributed by atoms with Crippen LogP contribution in [0.25, 0.3) is 0 Å². The summed E-state index contributed by atoms with van der Waals surface area (Å²) in [7, 11) is 0. The second-order valence-corrected chi connectivity index (χ2v) is 9.97. The second kappa shape index (κ2) is 15.7. The van der Waals surface area contributed by atoms with Crippen molar-refractivity contribution in [3.8, 4) is 0 Å². The van der Waals surface area contributed by atoms with Gasteiger partial charge in [0.2, 0.25) is 0 Å². The van der Waals surface area contributed by atoms with E-state index < -0.39 is 112 Å². The fourth-order valence-corrected chi connectivity index (χ4v) is 4.73. The first kappa shape index (κ1) is 33.8. The van der Waals surface area contributed by atoms with Crippen LogP contribution in [0.1, 0.15) is 19.3 Å². The molecule has 17 heteroatoms. The number of hydrogen-bond acceptors (Lipinski definition) is 17. The summed E-state index contributed by atoms with van der Waals surface area (Å²) >= 11 is 0. The summed E-state index contributed by atoms with van der Waals surface area (Å²) in [5.41, 5.74) is 0. The number of aliphatic hydroxyl groups excluding tert-OH is 11. The van der Waals surface area contributed by atoms with Crippen LogP contribution >= 0.6 is 0 Å². The Balaban J connectivity index is 1.82. The van der Waals surface area contributed by atoms with E-state index in [1.807, 2.05) is 0 Å². The third-order valence-corrected chi connectivity index (χ3v) is 7.16. The monoisotopic (exact) mass is 590 g/mol. The highest BCUT2D eigenvalue weighted by molar-refractivity contribution is 4.96. The van der Waals surface area contributed by atoms with Crippen molar-refractivity contribution in [1.29, 1.82) is 0 Å². The van der Waals surface area contributed by atoms with Crippen molar-refractivity contribution < 1.29 is 84.6 Å². The summed E-state index contributed by atoms with van der Waals surface area (Å²) in [5.74, 6) is 0. The van der Waals surface area contributed by atoms with Crippen LogP contribution in [0.5, 0.6) is 0 Å². The molecule has 0 aromatic carbocycles. The zero-order valence-electron chi connectivity index (χ0n) is 21.7. The molecule has 3 saturated heterocycles. The molecule has 3 rings (SSSR count). The Morgan fingerprint density at radius 3 is 1.43 bits per heavy atom. The molecule has 0 aromatic rings. The van der Waals surface area contributed by atoms with Crippen LogP contribution in [0, 0.1) is 0 Å². The van der Waals surface area contributed by atoms with E-state index in [0.717, 1.165) is 0 Å². The van der Waals surface area contributed by atoms with Crippen LogP contribution in [0.2, 0.25) is 0 Å². The van der Waals surface area contributed by atoms with Gasteiger partial charge in [0.1, 0.15) is 73.2 Å². The molecule has 3 aliphatic heterocycles. The molecule has 11 N–H and O–H groups in total. The van der Waals surface area contributed by atoms with E-state index in [0.29, 0.717) is 19.3 Å². The predicted molar refractivity (Wildman–Crippen MR) is 126 cm³/mol. The summed E-state index contributed by atoms with van der Waals surface area (Å²) in [4.78, 5) is 0. The number of unbranched alkanes of at least 4 members (excludes halogenated alkanes) is 2. The van der Waals surface area contributed by atoms with E-state index in [4.69, 9.17) is 33.5 Å². The molecule has 17 nitrogen and oxygen atoms in total. The first-order valence-electron chi connectivity index (χ1n) is 13.2. The average Bonchev–Trinajstić information content (AvgIpc) is 2.95. The van der Waals surface area contributed by atoms with Crippen molar-refractivity contribution >= 4 is 0 Å². The molecule has 3 fully saturated rings. The van der Waals surface area contributed by atoms with E-state index in [9.17, 15) is 51.1 Å². The maximum Gasteiger partial charge on any atom is 0.187 e. The normalized spacial score (nSPS) is 46.4. The molecule has 6 unspecified atom stereocenters. The highest BCUT2D eigenvalue weighted by Crippen LogP contribution is 2.33. The van der Waals surface area contributed by atoms with Crippen molar-refractivity contribution in [1.82, 2.24) is 0 Å². The molecule has 15 atom stereocenters. The molecule has 40 heavy (non-hydrogen) atoms. The Hall–Kier alpha value is -0.680. The Labute approximate surface area is 229 Å². The van der Waals surface area contributed by atoms with Gasteiger partial charge in [-0.25, -0.2) is 0 Å². The van der Waals surface area contributed by atoms with Crippen molar-refractivity contribution in [3.05, 3.63) is 0 Å². The molecule has 0 amide bonds. The minimum absolute atomic E-state index is 0.0157. The Kier molecular flexibility index (Phi) is 13.3. The summed E-state index contributed by atoms with van der Waals surface area (Å²) in [6.45, 7) is -2.17. The van der Waals surface area contributed by atoms with Crippen LogP contribution in [-0.4, -0.2) is 181 Å². The molecule has 0 spiro atoms. The van der Waals surface area contributed by atoms with Crippen LogP contribution in [-0.2, 0) is 28.4 Å². The fraction of sp³-hybridized carbons (Fsp3) is 1.00. The van der Waals surface area contributed by atoms with Gasteiger partial charge in [0, 0.05) is 13.2 Å². The minimum Gasteiger partial charge on any atom is -0.396 e. The molecule has 236 valence electrons. The van der Waals surface area contributed by atoms with Crippen LogP contribution in [0.15, 0.2) is 0 Å². The van der Waals surface area contributed by atoms with E-state index in [-0.39, 0.29) is 13.2 Å². The average molecular weight is 591 g/mol. The minimum atomic E-state index is -1.89. The van der Waals surface area contributed by atoms with Gasteiger partial charge in [-0.2, -0.15) is 0 Å². The number of rotatable bonds is 13. The van der Waals surface area contributed by atoms with Gasteiger partial charge in [0.15, 0.2) is 18.9 Å². The highest BCUT2D eigenvalue weighted by atomic mass is 16.8. The molecule has 0 aromatic heterocycles. The standard InChI is InChI=1S/C23H42O17/c24-4-2-1-3-5-35-22-19(16(32)13(29)10(7-26)37-22)40-23-20(17(33)14(30)11(8-27)38-23)39-21-18(34)15(31)12(28)9(6-25)36-21/h9-34H,1-8H2/t9?,10?,11?,12-,13-,14-,15+,16+,17+,18?,19?,20?,21+,22+,23-/m1/s1. The van der Waals surface area contributed by atoms with Crippen molar-refractivity contribution in [2.24, 2.45) is 0 Å². The largest absolute Gasteiger partial charge is 0.396 e. The first-order valence-corrected chi connectivity index (χ1v) is 13.2. The van der Waals surface area contributed by atoms with Gasteiger partial charge >= 0.3 is 0 Å². The third-order valence-electron chi connectivity index (χ3n) is 7.16. The topological polar surface area (TPSA) is 278 Å². The van der Waals surface area contributed by atoms with E-state index in [2.05, 4.69) is 0 Å². The maximum absolute atomic E-state index is 10.8. The van der Waals surface area contributed by atoms with Gasteiger partial charge in [-0.3, -0.25) is 0 Å². The van der Waals surface area contributed by atoms with Crippen molar-refractivity contribution in [2.75, 3.05) is 33.0 Å². The van der Waals surface area contributed by atoms with Crippen LogP contribution < -0.4 is 0 Å². The molecule has 0 aliphatic carbocycles. The lowest BCUT2D eigenvalue weighted by Crippen LogP contribution is -2.67. The quantitative estimate of drug-likeness (QED) is 0.0889. The SMILES string of the molecule is OCCCCCO[C@H]1OC(CO)[C@@H](O)[C@H](O)C1O[C@H]1OC(CO)[C@@H](O)[C@H](O)C1O[C@@H]1OC(CO)[C@@H](O)[C@H](O)C1O. The molecule has 3 heterocycles. The van der Waals surface area contributed by atoms with Crippen molar-refractivity contribution in [2.45, 2.75) is 111 Å². The van der Waals surface area contributed by atoms with Gasteiger partial charge in [0.25, 0.3) is 0 Å². The Morgan fingerprint density at radius 1 is 0.450 bits per heavy atom. The maximum atomic E-state index is 10.8. The van der Waals surface area contributed by atoms with Gasteiger partial charge < -0.3 is 84.6 Å². The molecule has 3 aliphatic rings. The zero-order chi connectivity index (χ0) is 29.6. The number of ether oxygens (including phenoxy) is 6. The van der Waals surface area contributed by atoms with Gasteiger partial charge in [-0.15, -0.1) is 0 Å². The fourth-order valence-electron chi connectivity index (χ4n) is 4.73. The zero-order valence-corrected chi connectivity index (χ0v) is 21.7. The summed E-state index contributed by atoms with van der Waals surface area (Å²) in [6.07, 6.45) is -23.0. The lowest BCUT2D eigenvalue weighted by atomic mass is 9.96. The summed E-state index contributed by atoms with van der Waals surface area (Å²) < 4.78 is 33.6. The lowest BCUT2D eigenvalue weighted by Gasteiger charge is -2.48. The number of hydrogen-bond donors (Lipinski definition) is 11. The highest BCUT2D eigenvalue weighted by Gasteiger charge is 2.54. The Bertz CT molecular complexity index is 732. The van der Waals surface area contributed by atoms with Crippen molar-refractivity contribution in [3.63, 3.8) is 0 Å². The lowest BCUT2D eigenvalue weighted by molar-refractivity contribution is -0.393. The van der Waals surface area contributed by atoms with E-state index in [1.165, 1.54) is 0 Å². The van der Waals surface area contributed by atoms with E-state index >= 15 is 0 Å². The number of aliphatic hydroxyl groups is 11. The van der Waals surface area contributed by atoms with Crippen LogP contribution in [0.4, 0.5) is 0 Å². The van der Waals surface area contributed by atoms with Gasteiger partial charge in [-0.05, 0) is 19.3 Å². The van der Waals surface area contributed by atoms with Crippen LogP contribution in [0.3, 0.4) is 0 Å². The molecular formula is C23H42O17. The molecule has 0 bridgehead atoms. The predicted octanol–water partition coefficient (Wildman–Crippen LogP) is -6.39. The second-order valence-electron chi connectivity index (χ2n) is 9.97. The smallest absolute Gasteiger partial charge is 0.187 e. The summed E-state index contributed by atoms with van der Waals surface area (Å²) in [5, 5.41) is 111. The molecular weight excluding hydrogens is 548 g/mol. The molecule has 0 saturated carbocycles. The Morgan fingerprint density at radius 2 is 0.900 bits per heavy atom. The summed E-state index contributed by atoms with van der Waals surface area (Å²) in [6, 6.07) is 0.